The Morgan fingerprint density at radius 1 is 1.33 bits per heavy atom. The van der Waals surface area contributed by atoms with Gasteiger partial charge >= 0.3 is 0 Å². The average Bonchev–Trinajstić information content (AvgIpc) is 2.71. The van der Waals surface area contributed by atoms with E-state index in [0.717, 1.165) is 11.8 Å². The Morgan fingerprint density at radius 2 is 2.08 bits per heavy atom. The highest BCUT2D eigenvalue weighted by atomic mass is 14.4. The van der Waals surface area contributed by atoms with Gasteiger partial charge in [-0.15, -0.1) is 0 Å². The molecule has 0 N–H and O–H groups in total. The molecule has 2 aliphatic carbocycles. The predicted octanol–water partition coefficient (Wildman–Crippen LogP) is 3.92. The van der Waals surface area contributed by atoms with E-state index in [2.05, 4.69) is 13.8 Å². The van der Waals surface area contributed by atoms with Crippen LogP contribution in [0.25, 0.3) is 0 Å². The van der Waals surface area contributed by atoms with Crippen molar-refractivity contribution in [1.82, 2.24) is 0 Å². The summed E-state index contributed by atoms with van der Waals surface area (Å²) in [5.41, 5.74) is 3.66. The van der Waals surface area contributed by atoms with E-state index in [1.807, 2.05) is 11.1 Å². The number of hydrogen-bond donors (Lipinski definition) is 0. The predicted molar refractivity (Wildman–Crippen MR) is 53.1 cm³/mol. The third-order valence-electron chi connectivity index (χ3n) is 3.80. The van der Waals surface area contributed by atoms with Crippen LogP contribution in [0.2, 0.25) is 0 Å². The maximum absolute atomic E-state index is 2.33. The minimum Gasteiger partial charge on any atom is -0.0657 e. The zero-order valence-electron chi connectivity index (χ0n) is 8.40. The topological polar surface area (TPSA) is 0 Å². The van der Waals surface area contributed by atoms with Gasteiger partial charge in [-0.2, -0.15) is 0 Å². The van der Waals surface area contributed by atoms with Gasteiger partial charge < -0.3 is 0 Å². The second-order valence-corrected chi connectivity index (χ2v) is 4.47. The molecule has 0 spiro atoms. The van der Waals surface area contributed by atoms with Gasteiger partial charge in [-0.1, -0.05) is 37.8 Å². The van der Waals surface area contributed by atoms with E-state index in [4.69, 9.17) is 0 Å². The maximum atomic E-state index is 2.33. The normalized spacial score (nSPS) is 25.8. The van der Waals surface area contributed by atoms with Crippen molar-refractivity contribution < 1.29 is 0 Å². The van der Waals surface area contributed by atoms with Crippen LogP contribution in [0.15, 0.2) is 11.1 Å². The molecule has 0 aromatic rings. The SMILES string of the molecule is CCC(CC)CCC1CC2=C1C2. The summed E-state index contributed by atoms with van der Waals surface area (Å²) in [6.07, 6.45) is 8.63. The summed E-state index contributed by atoms with van der Waals surface area (Å²) in [4.78, 5) is 0. The Hall–Kier alpha value is -0.260. The first-order valence-electron chi connectivity index (χ1n) is 5.55. The van der Waals surface area contributed by atoms with Crippen LogP contribution in [0, 0.1) is 11.8 Å². The van der Waals surface area contributed by atoms with Gasteiger partial charge in [-0.3, -0.25) is 0 Å². The lowest BCUT2D eigenvalue weighted by Crippen LogP contribution is -2.06. The van der Waals surface area contributed by atoms with E-state index >= 15 is 0 Å². The van der Waals surface area contributed by atoms with Crippen molar-refractivity contribution in [3.05, 3.63) is 11.1 Å². The van der Waals surface area contributed by atoms with Crippen molar-refractivity contribution in [3.8, 4) is 0 Å². The minimum absolute atomic E-state index is 1.01. The molecular formula is C12H20. The molecule has 2 rings (SSSR count). The van der Waals surface area contributed by atoms with Gasteiger partial charge in [0.05, 0.1) is 0 Å². The molecule has 0 bridgehead atoms. The summed E-state index contributed by atoms with van der Waals surface area (Å²) in [5, 5.41) is 0. The monoisotopic (exact) mass is 164 g/mol. The van der Waals surface area contributed by atoms with Crippen LogP contribution < -0.4 is 0 Å². The fourth-order valence-electron chi connectivity index (χ4n) is 2.52. The maximum Gasteiger partial charge on any atom is -0.00996 e. The summed E-state index contributed by atoms with van der Waals surface area (Å²) < 4.78 is 0. The van der Waals surface area contributed by atoms with Crippen molar-refractivity contribution in [2.24, 2.45) is 11.8 Å². The van der Waals surface area contributed by atoms with Gasteiger partial charge in [0.2, 0.25) is 0 Å². The van der Waals surface area contributed by atoms with Gasteiger partial charge in [0.25, 0.3) is 0 Å². The fourth-order valence-corrected chi connectivity index (χ4v) is 2.52. The van der Waals surface area contributed by atoms with Crippen molar-refractivity contribution >= 4 is 0 Å². The van der Waals surface area contributed by atoms with Gasteiger partial charge in [0.15, 0.2) is 0 Å². The Morgan fingerprint density at radius 3 is 2.50 bits per heavy atom. The van der Waals surface area contributed by atoms with E-state index in [9.17, 15) is 0 Å². The standard InChI is InChI=1S/C12H20/c1-3-9(4-2)5-6-10-7-11-8-12(10)11/h9-10H,3-8H2,1-2H3. The Balaban J connectivity index is 1.64. The number of allylic oxidation sites excluding steroid dienone is 2. The van der Waals surface area contributed by atoms with Crippen LogP contribution in [0.4, 0.5) is 0 Å². The molecule has 0 radical (unpaired) electrons. The molecular weight excluding hydrogens is 144 g/mol. The third kappa shape index (κ3) is 1.44. The quantitative estimate of drug-likeness (QED) is 0.540. The third-order valence-corrected chi connectivity index (χ3v) is 3.80. The Bertz CT molecular complexity index is 196. The lowest BCUT2D eigenvalue weighted by Gasteiger charge is -2.19. The summed E-state index contributed by atoms with van der Waals surface area (Å²) in [6, 6.07) is 0. The Kier molecular flexibility index (Phi) is 2.25. The molecule has 12 heavy (non-hydrogen) atoms. The van der Waals surface area contributed by atoms with Crippen molar-refractivity contribution in [2.75, 3.05) is 0 Å². The lowest BCUT2D eigenvalue weighted by atomic mass is 9.86. The molecule has 0 heteroatoms. The molecule has 0 amide bonds. The van der Waals surface area contributed by atoms with Crippen LogP contribution in [-0.4, -0.2) is 0 Å². The molecule has 0 aliphatic heterocycles. The molecule has 2 aliphatic rings. The molecule has 1 unspecified atom stereocenters. The molecule has 1 atom stereocenters. The molecule has 0 aromatic carbocycles. The molecule has 0 saturated heterocycles. The second-order valence-electron chi connectivity index (χ2n) is 4.47. The van der Waals surface area contributed by atoms with E-state index < -0.39 is 0 Å². The highest BCUT2D eigenvalue weighted by Crippen LogP contribution is 2.55. The Labute approximate surface area is 76.1 Å². The largest absolute Gasteiger partial charge is 0.0657 e. The molecule has 0 heterocycles. The first kappa shape index (κ1) is 8.34. The van der Waals surface area contributed by atoms with Gasteiger partial charge in [-0.25, -0.2) is 0 Å². The van der Waals surface area contributed by atoms with E-state index in [1.165, 1.54) is 38.5 Å². The molecule has 0 fully saturated rings. The van der Waals surface area contributed by atoms with E-state index in [0.29, 0.717) is 0 Å². The van der Waals surface area contributed by atoms with Crippen LogP contribution >= 0.6 is 0 Å². The van der Waals surface area contributed by atoms with Crippen LogP contribution in [0.3, 0.4) is 0 Å². The zero-order chi connectivity index (χ0) is 8.55. The first-order valence-corrected chi connectivity index (χ1v) is 5.55. The number of rotatable bonds is 5. The van der Waals surface area contributed by atoms with E-state index in [-0.39, 0.29) is 0 Å². The van der Waals surface area contributed by atoms with Crippen molar-refractivity contribution in [2.45, 2.75) is 52.4 Å². The summed E-state index contributed by atoms with van der Waals surface area (Å²) in [7, 11) is 0. The molecule has 0 saturated carbocycles. The summed E-state index contributed by atoms with van der Waals surface area (Å²) in [5.74, 6) is 2.05. The molecule has 0 nitrogen and oxygen atoms in total. The van der Waals surface area contributed by atoms with Gasteiger partial charge in [0.1, 0.15) is 0 Å². The summed E-state index contributed by atoms with van der Waals surface area (Å²) >= 11 is 0. The molecule has 0 aromatic heterocycles. The summed E-state index contributed by atoms with van der Waals surface area (Å²) in [6.45, 7) is 4.66. The lowest BCUT2D eigenvalue weighted by molar-refractivity contribution is 0.397. The fraction of sp³-hybridized carbons (Fsp3) is 0.833. The first-order chi connectivity index (χ1) is 5.85. The second kappa shape index (κ2) is 3.24. The van der Waals surface area contributed by atoms with Crippen LogP contribution in [0.1, 0.15) is 52.4 Å². The zero-order valence-corrected chi connectivity index (χ0v) is 8.40. The highest BCUT2D eigenvalue weighted by Gasteiger charge is 2.39. The van der Waals surface area contributed by atoms with Gasteiger partial charge in [0, 0.05) is 0 Å². The van der Waals surface area contributed by atoms with Crippen molar-refractivity contribution in [1.29, 1.82) is 0 Å². The van der Waals surface area contributed by atoms with Crippen LogP contribution in [-0.2, 0) is 0 Å². The average molecular weight is 164 g/mol. The highest BCUT2D eigenvalue weighted by molar-refractivity contribution is 5.46. The minimum atomic E-state index is 1.01. The van der Waals surface area contributed by atoms with E-state index in [1.54, 1.807) is 0 Å². The van der Waals surface area contributed by atoms with Gasteiger partial charge in [-0.05, 0) is 37.5 Å². The number of hydrogen-bond acceptors (Lipinski definition) is 0. The smallest absolute Gasteiger partial charge is 0.00996 e. The van der Waals surface area contributed by atoms with Crippen LogP contribution in [0.5, 0.6) is 0 Å². The van der Waals surface area contributed by atoms with Crippen molar-refractivity contribution in [3.63, 3.8) is 0 Å². The molecule has 68 valence electrons.